The Labute approximate surface area is 151 Å². The van der Waals surface area contributed by atoms with Gasteiger partial charge in [-0.05, 0) is 36.8 Å². The van der Waals surface area contributed by atoms with E-state index in [-0.39, 0.29) is 11.3 Å². The summed E-state index contributed by atoms with van der Waals surface area (Å²) < 4.78 is 20.6. The minimum atomic E-state index is -0.688. The summed E-state index contributed by atoms with van der Waals surface area (Å²) in [5.41, 5.74) is 1.64. The maximum atomic E-state index is 12.3. The Morgan fingerprint density at radius 2 is 1.69 bits per heavy atom. The maximum Gasteiger partial charge on any atom is 0.342 e. The third-order valence-electron chi connectivity index (χ3n) is 3.59. The fourth-order valence-electron chi connectivity index (χ4n) is 2.36. The SMILES string of the molecule is COc1ccc(C)cc1NC(=O)COC(=O)c1cccc(OC)c1OC. The first kappa shape index (κ1) is 19.1. The molecule has 0 saturated heterocycles. The van der Waals surface area contributed by atoms with E-state index in [0.717, 1.165) is 5.56 Å². The first-order chi connectivity index (χ1) is 12.5. The monoisotopic (exact) mass is 359 g/mol. The van der Waals surface area contributed by atoms with Crippen molar-refractivity contribution in [1.29, 1.82) is 0 Å². The highest BCUT2D eigenvalue weighted by Gasteiger charge is 2.19. The van der Waals surface area contributed by atoms with Crippen LogP contribution in [0.15, 0.2) is 36.4 Å². The Morgan fingerprint density at radius 3 is 2.35 bits per heavy atom. The van der Waals surface area contributed by atoms with Crippen molar-refractivity contribution in [3.05, 3.63) is 47.5 Å². The lowest BCUT2D eigenvalue weighted by molar-refractivity contribution is -0.119. The quantitative estimate of drug-likeness (QED) is 0.766. The van der Waals surface area contributed by atoms with Crippen molar-refractivity contribution in [3.63, 3.8) is 0 Å². The number of aryl methyl sites for hydroxylation is 1. The molecule has 7 nitrogen and oxygen atoms in total. The summed E-state index contributed by atoms with van der Waals surface area (Å²) >= 11 is 0. The molecule has 0 atom stereocenters. The summed E-state index contributed by atoms with van der Waals surface area (Å²) in [7, 11) is 4.40. The van der Waals surface area contributed by atoms with Gasteiger partial charge in [0.15, 0.2) is 18.1 Å². The second-order valence-corrected chi connectivity index (χ2v) is 5.37. The second kappa shape index (κ2) is 8.75. The molecule has 2 rings (SSSR count). The van der Waals surface area contributed by atoms with Gasteiger partial charge in [0.2, 0.25) is 0 Å². The molecule has 0 bridgehead atoms. The third kappa shape index (κ3) is 4.44. The van der Waals surface area contributed by atoms with Gasteiger partial charge in [0.25, 0.3) is 5.91 Å². The van der Waals surface area contributed by atoms with E-state index in [9.17, 15) is 9.59 Å². The minimum Gasteiger partial charge on any atom is -0.495 e. The molecule has 1 amide bonds. The van der Waals surface area contributed by atoms with Crippen molar-refractivity contribution in [1.82, 2.24) is 0 Å². The van der Waals surface area contributed by atoms with Gasteiger partial charge in [0, 0.05) is 0 Å². The van der Waals surface area contributed by atoms with Gasteiger partial charge in [0.1, 0.15) is 11.3 Å². The molecule has 0 heterocycles. The number of para-hydroxylation sites is 1. The number of carbonyl (C=O) groups is 2. The standard InChI is InChI=1S/C19H21NO6/c1-12-8-9-15(23-2)14(10-12)20-17(21)11-26-19(22)13-6-5-7-16(24-3)18(13)25-4/h5-10H,11H2,1-4H3,(H,20,21). The van der Waals surface area contributed by atoms with Crippen LogP contribution in [0.25, 0.3) is 0 Å². The van der Waals surface area contributed by atoms with Gasteiger partial charge in [0.05, 0.1) is 27.0 Å². The van der Waals surface area contributed by atoms with Crippen LogP contribution in [0.2, 0.25) is 0 Å². The van der Waals surface area contributed by atoms with Crippen LogP contribution in [0.3, 0.4) is 0 Å². The van der Waals surface area contributed by atoms with Gasteiger partial charge in [-0.1, -0.05) is 12.1 Å². The van der Waals surface area contributed by atoms with Gasteiger partial charge < -0.3 is 24.3 Å². The molecule has 0 aromatic heterocycles. The van der Waals surface area contributed by atoms with Crippen LogP contribution >= 0.6 is 0 Å². The zero-order valence-corrected chi connectivity index (χ0v) is 15.1. The smallest absolute Gasteiger partial charge is 0.342 e. The molecule has 7 heteroatoms. The van der Waals surface area contributed by atoms with E-state index < -0.39 is 18.5 Å². The van der Waals surface area contributed by atoms with Gasteiger partial charge >= 0.3 is 5.97 Å². The number of esters is 1. The molecule has 0 aliphatic carbocycles. The molecule has 0 aliphatic heterocycles. The number of hydrogen-bond acceptors (Lipinski definition) is 6. The Kier molecular flexibility index (Phi) is 6.43. The summed E-state index contributed by atoms with van der Waals surface area (Å²) in [5, 5.41) is 2.66. The van der Waals surface area contributed by atoms with E-state index in [4.69, 9.17) is 18.9 Å². The molecule has 1 N–H and O–H groups in total. The Bertz CT molecular complexity index is 803. The number of amides is 1. The number of ether oxygens (including phenoxy) is 4. The van der Waals surface area contributed by atoms with E-state index in [0.29, 0.717) is 17.2 Å². The molecule has 0 radical (unpaired) electrons. The Balaban J connectivity index is 2.04. The van der Waals surface area contributed by atoms with E-state index >= 15 is 0 Å². The average Bonchev–Trinajstić information content (AvgIpc) is 2.65. The van der Waals surface area contributed by atoms with Crippen LogP contribution in [0.5, 0.6) is 17.2 Å². The molecule has 0 fully saturated rings. The number of hydrogen-bond donors (Lipinski definition) is 1. The first-order valence-electron chi connectivity index (χ1n) is 7.82. The van der Waals surface area contributed by atoms with Gasteiger partial charge in [-0.15, -0.1) is 0 Å². The van der Waals surface area contributed by atoms with Gasteiger partial charge in [-0.2, -0.15) is 0 Å². The van der Waals surface area contributed by atoms with E-state index in [1.54, 1.807) is 24.3 Å². The zero-order valence-electron chi connectivity index (χ0n) is 15.1. The second-order valence-electron chi connectivity index (χ2n) is 5.37. The van der Waals surface area contributed by atoms with Crippen LogP contribution < -0.4 is 19.5 Å². The van der Waals surface area contributed by atoms with Gasteiger partial charge in [-0.25, -0.2) is 4.79 Å². The highest BCUT2D eigenvalue weighted by Crippen LogP contribution is 2.31. The predicted octanol–water partition coefficient (Wildman–Crippen LogP) is 2.82. The van der Waals surface area contributed by atoms with E-state index in [1.807, 2.05) is 13.0 Å². The Hall–Kier alpha value is -3.22. The maximum absolute atomic E-state index is 12.3. The number of methoxy groups -OCH3 is 3. The largest absolute Gasteiger partial charge is 0.495 e. The van der Waals surface area contributed by atoms with Crippen molar-refractivity contribution in [2.75, 3.05) is 33.3 Å². The summed E-state index contributed by atoms with van der Waals surface area (Å²) in [6, 6.07) is 10.2. The molecule has 2 aromatic rings. The third-order valence-corrected chi connectivity index (χ3v) is 3.59. The molecule has 0 saturated carbocycles. The Morgan fingerprint density at radius 1 is 0.962 bits per heavy atom. The van der Waals surface area contributed by atoms with Crippen LogP contribution in [-0.4, -0.2) is 39.8 Å². The lowest BCUT2D eigenvalue weighted by Gasteiger charge is -2.13. The molecule has 0 spiro atoms. The van der Waals surface area contributed by atoms with E-state index in [1.165, 1.54) is 27.4 Å². The van der Waals surface area contributed by atoms with Crippen LogP contribution in [0.4, 0.5) is 5.69 Å². The predicted molar refractivity (Wildman–Crippen MR) is 96.2 cm³/mol. The summed E-state index contributed by atoms with van der Waals surface area (Å²) in [5.74, 6) is -0.00220. The summed E-state index contributed by atoms with van der Waals surface area (Å²) in [6.07, 6.45) is 0. The van der Waals surface area contributed by atoms with Crippen molar-refractivity contribution >= 4 is 17.6 Å². The summed E-state index contributed by atoms with van der Waals surface area (Å²) in [6.45, 7) is 1.44. The fraction of sp³-hybridized carbons (Fsp3) is 0.263. The van der Waals surface area contributed by atoms with Gasteiger partial charge in [-0.3, -0.25) is 4.79 Å². The van der Waals surface area contributed by atoms with Crippen LogP contribution in [0.1, 0.15) is 15.9 Å². The molecular weight excluding hydrogens is 338 g/mol. The molecule has 0 unspecified atom stereocenters. The van der Waals surface area contributed by atoms with E-state index in [2.05, 4.69) is 5.32 Å². The molecule has 2 aromatic carbocycles. The molecule has 138 valence electrons. The lowest BCUT2D eigenvalue weighted by Crippen LogP contribution is -2.21. The molecular formula is C19H21NO6. The zero-order chi connectivity index (χ0) is 19.1. The average molecular weight is 359 g/mol. The highest BCUT2D eigenvalue weighted by molar-refractivity contribution is 5.97. The topological polar surface area (TPSA) is 83.1 Å². The normalized spacial score (nSPS) is 10.0. The minimum absolute atomic E-state index is 0.174. The number of carbonyl (C=O) groups excluding carboxylic acids is 2. The number of anilines is 1. The van der Waals surface area contributed by atoms with Crippen molar-refractivity contribution < 1.29 is 28.5 Å². The van der Waals surface area contributed by atoms with Crippen molar-refractivity contribution in [2.45, 2.75) is 6.92 Å². The van der Waals surface area contributed by atoms with Crippen molar-refractivity contribution in [2.24, 2.45) is 0 Å². The number of nitrogens with one attached hydrogen (secondary N) is 1. The first-order valence-corrected chi connectivity index (χ1v) is 7.82. The molecule has 26 heavy (non-hydrogen) atoms. The van der Waals surface area contributed by atoms with Crippen LogP contribution in [-0.2, 0) is 9.53 Å². The lowest BCUT2D eigenvalue weighted by atomic mass is 10.2. The highest BCUT2D eigenvalue weighted by atomic mass is 16.5. The number of benzene rings is 2. The fourth-order valence-corrected chi connectivity index (χ4v) is 2.36. The number of rotatable bonds is 7. The summed E-state index contributed by atoms with van der Waals surface area (Å²) in [4.78, 5) is 24.4. The van der Waals surface area contributed by atoms with Crippen LogP contribution in [0, 0.1) is 6.92 Å². The molecule has 0 aliphatic rings. The van der Waals surface area contributed by atoms with Crippen molar-refractivity contribution in [3.8, 4) is 17.2 Å².